The SMILES string of the molecule is CCOc1ccc(/C(O)=C2/C(=O)C(=O)N(CCCOC(C)C)C2c2cccs2)c(OCC)c1. The molecule has 2 aromatic rings. The number of carbonyl (C=O) groups excluding carboxylic acids is 2. The first-order valence-corrected chi connectivity index (χ1v) is 12.1. The van der Waals surface area contributed by atoms with Gasteiger partial charge in [0.15, 0.2) is 0 Å². The highest BCUT2D eigenvalue weighted by molar-refractivity contribution is 7.10. The molecule has 1 aliphatic rings. The van der Waals surface area contributed by atoms with E-state index in [0.29, 0.717) is 49.8 Å². The molecule has 2 heterocycles. The van der Waals surface area contributed by atoms with Gasteiger partial charge in [-0.05, 0) is 57.7 Å². The zero-order valence-corrected chi connectivity index (χ0v) is 20.3. The number of thiophene rings is 1. The molecule has 1 unspecified atom stereocenters. The van der Waals surface area contributed by atoms with Crippen LogP contribution in [-0.4, -0.2) is 54.2 Å². The van der Waals surface area contributed by atoms with Crippen molar-refractivity contribution in [2.45, 2.75) is 46.3 Å². The van der Waals surface area contributed by atoms with Crippen LogP contribution in [0.4, 0.5) is 0 Å². The number of rotatable bonds is 11. The van der Waals surface area contributed by atoms with Crippen molar-refractivity contribution in [2.24, 2.45) is 0 Å². The molecule has 1 aromatic carbocycles. The molecule has 0 spiro atoms. The number of aliphatic hydroxyl groups excluding tert-OH is 1. The van der Waals surface area contributed by atoms with Crippen molar-refractivity contribution in [3.63, 3.8) is 0 Å². The molecular formula is C25H31NO6S. The fourth-order valence-electron chi connectivity index (χ4n) is 3.78. The van der Waals surface area contributed by atoms with Gasteiger partial charge in [-0.25, -0.2) is 0 Å². The Morgan fingerprint density at radius 2 is 1.91 bits per heavy atom. The molecule has 1 saturated heterocycles. The summed E-state index contributed by atoms with van der Waals surface area (Å²) in [6, 6.07) is 8.12. The van der Waals surface area contributed by atoms with Gasteiger partial charge in [0.2, 0.25) is 0 Å². The van der Waals surface area contributed by atoms with Crippen molar-refractivity contribution in [1.82, 2.24) is 4.90 Å². The topological polar surface area (TPSA) is 85.3 Å². The van der Waals surface area contributed by atoms with Crippen molar-refractivity contribution >= 4 is 28.8 Å². The smallest absolute Gasteiger partial charge is 0.295 e. The summed E-state index contributed by atoms with van der Waals surface area (Å²) in [6.07, 6.45) is 0.672. The second-order valence-electron chi connectivity index (χ2n) is 7.80. The molecule has 0 saturated carbocycles. The van der Waals surface area contributed by atoms with Crippen LogP contribution in [0.5, 0.6) is 11.5 Å². The number of likely N-dealkylation sites (tertiary alicyclic amines) is 1. The largest absolute Gasteiger partial charge is 0.507 e. The van der Waals surface area contributed by atoms with E-state index < -0.39 is 17.7 Å². The third-order valence-corrected chi connectivity index (χ3v) is 6.09. The normalized spacial score (nSPS) is 17.7. The van der Waals surface area contributed by atoms with Crippen LogP contribution in [0.2, 0.25) is 0 Å². The van der Waals surface area contributed by atoms with E-state index in [2.05, 4.69) is 0 Å². The molecule has 1 amide bonds. The van der Waals surface area contributed by atoms with Gasteiger partial charge >= 0.3 is 0 Å². The van der Waals surface area contributed by atoms with Crippen molar-refractivity contribution < 1.29 is 28.9 Å². The van der Waals surface area contributed by atoms with E-state index in [0.717, 1.165) is 4.88 Å². The highest BCUT2D eigenvalue weighted by Gasteiger charge is 2.46. The van der Waals surface area contributed by atoms with E-state index in [9.17, 15) is 14.7 Å². The first kappa shape index (κ1) is 24.8. The van der Waals surface area contributed by atoms with Gasteiger partial charge in [0, 0.05) is 24.1 Å². The van der Waals surface area contributed by atoms with Gasteiger partial charge in [-0.15, -0.1) is 11.3 Å². The van der Waals surface area contributed by atoms with Crippen LogP contribution in [0.3, 0.4) is 0 Å². The predicted molar refractivity (Wildman–Crippen MR) is 128 cm³/mol. The molecule has 7 nitrogen and oxygen atoms in total. The molecule has 33 heavy (non-hydrogen) atoms. The van der Waals surface area contributed by atoms with Gasteiger partial charge in [-0.2, -0.15) is 0 Å². The Balaban J connectivity index is 2.03. The van der Waals surface area contributed by atoms with Gasteiger partial charge in [-0.3, -0.25) is 9.59 Å². The summed E-state index contributed by atoms with van der Waals surface area (Å²) in [5.41, 5.74) is 0.417. The van der Waals surface area contributed by atoms with Crippen LogP contribution in [0.15, 0.2) is 41.3 Å². The second-order valence-corrected chi connectivity index (χ2v) is 8.78. The van der Waals surface area contributed by atoms with Crippen molar-refractivity contribution in [3.05, 3.63) is 51.7 Å². The number of nitrogens with zero attached hydrogens (tertiary/aromatic N) is 1. The summed E-state index contributed by atoms with van der Waals surface area (Å²) in [5, 5.41) is 13.2. The molecule has 3 rings (SSSR count). The molecule has 0 radical (unpaired) electrons. The summed E-state index contributed by atoms with van der Waals surface area (Å²) >= 11 is 1.44. The van der Waals surface area contributed by atoms with Gasteiger partial charge in [0.1, 0.15) is 17.3 Å². The maximum atomic E-state index is 13.1. The van der Waals surface area contributed by atoms with Crippen LogP contribution in [-0.2, 0) is 14.3 Å². The second kappa shape index (κ2) is 11.3. The van der Waals surface area contributed by atoms with E-state index >= 15 is 0 Å². The molecule has 1 fully saturated rings. The van der Waals surface area contributed by atoms with E-state index in [1.807, 2.05) is 45.2 Å². The molecule has 8 heteroatoms. The molecule has 1 aromatic heterocycles. The fraction of sp³-hybridized carbons (Fsp3) is 0.440. The number of aliphatic hydroxyl groups is 1. The molecular weight excluding hydrogens is 442 g/mol. The maximum absolute atomic E-state index is 13.1. The summed E-state index contributed by atoms with van der Waals surface area (Å²) in [7, 11) is 0. The quantitative estimate of drug-likeness (QED) is 0.219. The Morgan fingerprint density at radius 1 is 1.15 bits per heavy atom. The number of hydrogen-bond acceptors (Lipinski definition) is 7. The zero-order chi connectivity index (χ0) is 24.0. The number of hydrogen-bond donors (Lipinski definition) is 1. The summed E-state index contributed by atoms with van der Waals surface area (Å²) < 4.78 is 16.9. The van der Waals surface area contributed by atoms with E-state index in [1.165, 1.54) is 16.2 Å². The Kier molecular flexibility index (Phi) is 8.52. The maximum Gasteiger partial charge on any atom is 0.295 e. The highest BCUT2D eigenvalue weighted by atomic mass is 32.1. The zero-order valence-electron chi connectivity index (χ0n) is 19.5. The first-order chi connectivity index (χ1) is 15.9. The third-order valence-electron chi connectivity index (χ3n) is 5.17. The summed E-state index contributed by atoms with van der Waals surface area (Å²) in [6.45, 7) is 9.29. The molecule has 1 atom stereocenters. The van der Waals surface area contributed by atoms with Crippen LogP contribution in [0.1, 0.15) is 50.6 Å². The lowest BCUT2D eigenvalue weighted by molar-refractivity contribution is -0.140. The third kappa shape index (κ3) is 5.57. The number of benzene rings is 1. The first-order valence-electron chi connectivity index (χ1n) is 11.2. The monoisotopic (exact) mass is 473 g/mol. The van der Waals surface area contributed by atoms with E-state index in [-0.39, 0.29) is 17.4 Å². The Labute approximate surface area is 198 Å². The minimum absolute atomic E-state index is 0.0670. The van der Waals surface area contributed by atoms with Crippen molar-refractivity contribution in [1.29, 1.82) is 0 Å². The minimum Gasteiger partial charge on any atom is -0.507 e. The lowest BCUT2D eigenvalue weighted by Crippen LogP contribution is -2.31. The summed E-state index contributed by atoms with van der Waals surface area (Å²) in [4.78, 5) is 28.4. The summed E-state index contributed by atoms with van der Waals surface area (Å²) in [5.74, 6) is -0.588. The average molecular weight is 474 g/mol. The number of Topliss-reactive ketones (excluding diaryl/α,β-unsaturated/α-hetero) is 1. The number of carbonyl (C=O) groups is 2. The average Bonchev–Trinajstić information content (AvgIpc) is 3.39. The Hall–Kier alpha value is -2.84. The molecule has 0 aliphatic carbocycles. The van der Waals surface area contributed by atoms with Gasteiger partial charge in [-0.1, -0.05) is 6.07 Å². The lowest BCUT2D eigenvalue weighted by Gasteiger charge is -2.24. The standard InChI is InChI=1S/C25H31NO6S/c1-5-30-17-10-11-18(19(15-17)31-6-2)23(27)21-22(20-9-7-14-33-20)26(25(29)24(21)28)12-8-13-32-16(3)4/h7,9-11,14-16,22,27H,5-6,8,12-13H2,1-4H3/b23-21-. The van der Waals surface area contributed by atoms with Crippen LogP contribution >= 0.6 is 11.3 Å². The lowest BCUT2D eigenvalue weighted by atomic mass is 9.99. The van der Waals surface area contributed by atoms with E-state index in [1.54, 1.807) is 18.2 Å². The van der Waals surface area contributed by atoms with Crippen LogP contribution in [0, 0.1) is 0 Å². The molecule has 1 N–H and O–H groups in total. The van der Waals surface area contributed by atoms with Gasteiger partial charge in [0.25, 0.3) is 11.7 Å². The Morgan fingerprint density at radius 3 is 2.55 bits per heavy atom. The number of ketones is 1. The number of amides is 1. The van der Waals surface area contributed by atoms with Gasteiger partial charge < -0.3 is 24.2 Å². The molecule has 178 valence electrons. The number of ether oxygens (including phenoxy) is 3. The fourth-order valence-corrected chi connectivity index (χ4v) is 4.63. The van der Waals surface area contributed by atoms with Gasteiger partial charge in [0.05, 0.1) is 36.5 Å². The highest BCUT2D eigenvalue weighted by Crippen LogP contribution is 2.42. The molecule has 1 aliphatic heterocycles. The van der Waals surface area contributed by atoms with Crippen molar-refractivity contribution in [2.75, 3.05) is 26.4 Å². The Bertz CT molecular complexity index is 998. The van der Waals surface area contributed by atoms with E-state index in [4.69, 9.17) is 14.2 Å². The van der Waals surface area contributed by atoms with Crippen LogP contribution < -0.4 is 9.47 Å². The predicted octanol–water partition coefficient (Wildman–Crippen LogP) is 4.78. The van der Waals surface area contributed by atoms with Crippen molar-refractivity contribution in [3.8, 4) is 11.5 Å². The van der Waals surface area contributed by atoms with Crippen LogP contribution in [0.25, 0.3) is 5.76 Å². The minimum atomic E-state index is -0.702. The molecule has 0 bridgehead atoms.